The molecule has 2 aromatic rings. The molecule has 0 aliphatic heterocycles. The Kier molecular flexibility index (Phi) is 5.89. The molecule has 0 bridgehead atoms. The second-order valence-corrected chi connectivity index (χ2v) is 6.26. The minimum absolute atomic E-state index is 0.0454. The van der Waals surface area contributed by atoms with Gasteiger partial charge in [-0.3, -0.25) is 10.1 Å². The fourth-order valence-corrected chi connectivity index (χ4v) is 2.80. The predicted molar refractivity (Wildman–Crippen MR) is 94.4 cm³/mol. The highest BCUT2D eigenvalue weighted by atomic mass is 35.5. The zero-order valence-corrected chi connectivity index (χ0v) is 15.0. The summed E-state index contributed by atoms with van der Waals surface area (Å²) in [4.78, 5) is 12.1. The van der Waals surface area contributed by atoms with Gasteiger partial charge in [-0.2, -0.15) is 5.26 Å². The number of carbonyl (C=O) groups is 1. The summed E-state index contributed by atoms with van der Waals surface area (Å²) in [6.07, 6.45) is 0. The Morgan fingerprint density at radius 1 is 1.38 bits per heavy atom. The highest BCUT2D eigenvalue weighted by Gasteiger charge is 2.17. The first-order valence-electron chi connectivity index (χ1n) is 7.31. The van der Waals surface area contributed by atoms with Crippen LogP contribution < -0.4 is 10.6 Å². The molecule has 126 valence electrons. The highest BCUT2D eigenvalue weighted by Crippen LogP contribution is 2.27. The summed E-state index contributed by atoms with van der Waals surface area (Å²) in [5, 5.41) is 15.9. The molecule has 5 nitrogen and oxygen atoms in total. The molecule has 0 fully saturated rings. The molecule has 7 heteroatoms. The third kappa shape index (κ3) is 4.09. The average Bonchev–Trinajstić information content (AvgIpc) is 2.78. The van der Waals surface area contributed by atoms with E-state index in [1.807, 2.05) is 19.1 Å². The lowest BCUT2D eigenvalue weighted by Gasteiger charge is -2.15. The van der Waals surface area contributed by atoms with Crippen molar-refractivity contribution < 1.29 is 9.21 Å². The van der Waals surface area contributed by atoms with Gasteiger partial charge in [0.15, 0.2) is 0 Å². The Morgan fingerprint density at radius 2 is 2.08 bits per heavy atom. The molecule has 0 aliphatic rings. The van der Waals surface area contributed by atoms with Crippen LogP contribution >= 0.6 is 23.2 Å². The van der Waals surface area contributed by atoms with Crippen molar-refractivity contribution >= 4 is 35.0 Å². The van der Waals surface area contributed by atoms with Crippen LogP contribution in [0.2, 0.25) is 10.0 Å². The van der Waals surface area contributed by atoms with Gasteiger partial charge in [-0.15, -0.1) is 0 Å². The van der Waals surface area contributed by atoms with Gasteiger partial charge in [-0.1, -0.05) is 29.3 Å². The fourth-order valence-electron chi connectivity index (χ4n) is 2.23. The van der Waals surface area contributed by atoms with Crippen molar-refractivity contribution in [3.8, 4) is 6.07 Å². The number of benzene rings is 1. The van der Waals surface area contributed by atoms with Crippen molar-refractivity contribution in [2.45, 2.75) is 26.8 Å². The summed E-state index contributed by atoms with van der Waals surface area (Å²) in [5.74, 6) is 0.477. The smallest absolute Gasteiger partial charge is 0.240 e. The molecule has 1 atom stereocenters. The molecule has 0 saturated heterocycles. The fraction of sp³-hybridized carbons (Fsp3) is 0.294. The summed E-state index contributed by atoms with van der Waals surface area (Å²) < 4.78 is 5.41. The number of aryl methyl sites for hydroxylation is 1. The average molecular weight is 366 g/mol. The van der Waals surface area contributed by atoms with Crippen molar-refractivity contribution in [1.29, 1.82) is 5.26 Å². The first-order valence-corrected chi connectivity index (χ1v) is 8.07. The normalized spacial score (nSPS) is 11.8. The molecule has 1 unspecified atom stereocenters. The maximum absolute atomic E-state index is 12.1. The monoisotopic (exact) mass is 365 g/mol. The zero-order valence-electron chi connectivity index (χ0n) is 13.5. The lowest BCUT2D eigenvalue weighted by molar-refractivity contribution is -0.115. The number of nitrogens with zero attached hydrogens (tertiary/aromatic N) is 1. The predicted octanol–water partition coefficient (Wildman–Crippen LogP) is 4.36. The number of furan rings is 1. The molecule has 0 saturated carbocycles. The van der Waals surface area contributed by atoms with Gasteiger partial charge >= 0.3 is 0 Å². The van der Waals surface area contributed by atoms with Gasteiger partial charge in [-0.25, -0.2) is 0 Å². The van der Waals surface area contributed by atoms with E-state index in [0.29, 0.717) is 21.4 Å². The van der Waals surface area contributed by atoms with Crippen molar-refractivity contribution in [3.05, 3.63) is 50.7 Å². The Morgan fingerprint density at radius 3 is 2.71 bits per heavy atom. The van der Waals surface area contributed by atoms with Crippen molar-refractivity contribution in [2.75, 3.05) is 11.9 Å². The highest BCUT2D eigenvalue weighted by molar-refractivity contribution is 6.35. The maximum atomic E-state index is 12.1. The molecule has 1 aromatic carbocycles. The largest absolute Gasteiger partial charge is 0.444 e. The van der Waals surface area contributed by atoms with Crippen LogP contribution in [0.25, 0.3) is 0 Å². The quantitative estimate of drug-likeness (QED) is 0.824. The third-order valence-corrected chi connectivity index (χ3v) is 4.31. The molecule has 0 aliphatic carbocycles. The SMILES string of the molecule is Cc1oc(NC(=O)CNC(C)c2ccc(Cl)cc2Cl)c(C#N)c1C. The lowest BCUT2D eigenvalue weighted by Crippen LogP contribution is -2.30. The number of amides is 1. The van der Waals surface area contributed by atoms with E-state index in [-0.39, 0.29) is 24.4 Å². The van der Waals surface area contributed by atoms with Gasteiger partial charge in [0, 0.05) is 21.7 Å². The molecule has 0 spiro atoms. The van der Waals surface area contributed by atoms with Gasteiger partial charge in [0.05, 0.1) is 6.54 Å². The van der Waals surface area contributed by atoms with Gasteiger partial charge in [0.1, 0.15) is 17.4 Å². The van der Waals surface area contributed by atoms with Gasteiger partial charge in [0.25, 0.3) is 0 Å². The van der Waals surface area contributed by atoms with E-state index in [2.05, 4.69) is 10.6 Å². The van der Waals surface area contributed by atoms with Crippen LogP contribution in [0.5, 0.6) is 0 Å². The van der Waals surface area contributed by atoms with Gasteiger partial charge in [-0.05, 0) is 38.5 Å². The van der Waals surface area contributed by atoms with Crippen LogP contribution in [0.3, 0.4) is 0 Å². The minimum atomic E-state index is -0.308. The summed E-state index contributed by atoms with van der Waals surface area (Å²) >= 11 is 12.0. The lowest BCUT2D eigenvalue weighted by atomic mass is 10.1. The summed E-state index contributed by atoms with van der Waals surface area (Å²) in [6.45, 7) is 5.46. The first kappa shape index (κ1) is 18.3. The third-order valence-electron chi connectivity index (χ3n) is 3.75. The number of carbonyl (C=O) groups excluding carboxylic acids is 1. The molecular weight excluding hydrogens is 349 g/mol. The molecule has 1 heterocycles. The van der Waals surface area contributed by atoms with Crippen LogP contribution in [0, 0.1) is 25.2 Å². The van der Waals surface area contributed by atoms with E-state index < -0.39 is 0 Å². The number of anilines is 1. The van der Waals surface area contributed by atoms with Crippen LogP contribution in [-0.4, -0.2) is 12.5 Å². The molecule has 2 N–H and O–H groups in total. The Labute approximate surface area is 150 Å². The van der Waals surface area contributed by atoms with E-state index >= 15 is 0 Å². The van der Waals surface area contributed by atoms with Crippen molar-refractivity contribution in [3.63, 3.8) is 0 Å². The number of nitriles is 1. The topological polar surface area (TPSA) is 78.1 Å². The Hall–Kier alpha value is -2.00. The first-order chi connectivity index (χ1) is 11.3. The molecule has 2 rings (SSSR count). The summed E-state index contributed by atoms with van der Waals surface area (Å²) in [5.41, 5.74) is 1.91. The summed E-state index contributed by atoms with van der Waals surface area (Å²) in [6, 6.07) is 7.11. The molecule has 24 heavy (non-hydrogen) atoms. The number of hydrogen-bond acceptors (Lipinski definition) is 4. The second-order valence-electron chi connectivity index (χ2n) is 5.42. The number of rotatable bonds is 5. The van der Waals surface area contributed by atoms with Crippen LogP contribution in [0.1, 0.15) is 35.4 Å². The zero-order chi connectivity index (χ0) is 17.9. The van der Waals surface area contributed by atoms with E-state index in [4.69, 9.17) is 32.9 Å². The van der Waals surface area contributed by atoms with Crippen LogP contribution in [0.15, 0.2) is 22.6 Å². The van der Waals surface area contributed by atoms with Crippen LogP contribution in [-0.2, 0) is 4.79 Å². The number of halogens is 2. The molecule has 1 amide bonds. The maximum Gasteiger partial charge on any atom is 0.240 e. The van der Waals surface area contributed by atoms with E-state index in [0.717, 1.165) is 11.1 Å². The molecular formula is C17H17Cl2N3O2. The van der Waals surface area contributed by atoms with Crippen LogP contribution in [0.4, 0.5) is 5.88 Å². The van der Waals surface area contributed by atoms with Crippen molar-refractivity contribution in [2.24, 2.45) is 0 Å². The number of nitrogens with one attached hydrogen (secondary N) is 2. The second kappa shape index (κ2) is 7.71. The Balaban J connectivity index is 1.98. The van der Waals surface area contributed by atoms with E-state index in [9.17, 15) is 4.79 Å². The van der Waals surface area contributed by atoms with Gasteiger partial charge in [0.2, 0.25) is 11.8 Å². The van der Waals surface area contributed by atoms with E-state index in [1.165, 1.54) is 0 Å². The number of hydrogen-bond donors (Lipinski definition) is 2. The molecule has 0 radical (unpaired) electrons. The van der Waals surface area contributed by atoms with Crippen molar-refractivity contribution in [1.82, 2.24) is 5.32 Å². The molecule has 1 aromatic heterocycles. The Bertz CT molecular complexity index is 809. The minimum Gasteiger partial charge on any atom is -0.444 e. The van der Waals surface area contributed by atoms with Gasteiger partial charge < -0.3 is 9.73 Å². The standard InChI is InChI=1S/C17H17Cl2N3O2/c1-9-11(3)24-17(14(9)7-20)22-16(23)8-21-10(2)13-5-4-12(18)6-15(13)19/h4-6,10,21H,8H2,1-3H3,(H,22,23). The summed E-state index contributed by atoms with van der Waals surface area (Å²) in [7, 11) is 0. The van der Waals surface area contributed by atoms with E-state index in [1.54, 1.807) is 26.0 Å².